The first-order valence-electron chi connectivity index (χ1n) is 4.45. The van der Waals surface area contributed by atoms with Crippen molar-refractivity contribution < 1.29 is 14.3 Å². The molecule has 0 saturated carbocycles. The number of esters is 1. The smallest absolute Gasteiger partial charge is 0.328 e. The monoisotopic (exact) mass is 199 g/mol. The van der Waals surface area contributed by atoms with Crippen LogP contribution in [0.2, 0.25) is 0 Å². The SMILES string of the molecule is COC(=O)[C@H](CC=C(C)C)NC(C)=O. The van der Waals surface area contributed by atoms with E-state index in [0.717, 1.165) is 5.57 Å². The zero-order chi connectivity index (χ0) is 11.1. The largest absolute Gasteiger partial charge is 0.467 e. The Morgan fingerprint density at radius 1 is 1.36 bits per heavy atom. The van der Waals surface area contributed by atoms with Crippen LogP contribution >= 0.6 is 0 Å². The van der Waals surface area contributed by atoms with Crippen molar-refractivity contribution >= 4 is 11.9 Å². The summed E-state index contributed by atoms with van der Waals surface area (Å²) in [5.41, 5.74) is 1.10. The van der Waals surface area contributed by atoms with Crippen molar-refractivity contribution in [1.82, 2.24) is 5.32 Å². The topological polar surface area (TPSA) is 55.4 Å². The second kappa shape index (κ2) is 6.18. The lowest BCUT2D eigenvalue weighted by molar-refractivity contribution is -0.144. The molecule has 0 aromatic carbocycles. The van der Waals surface area contributed by atoms with E-state index >= 15 is 0 Å². The summed E-state index contributed by atoms with van der Waals surface area (Å²) in [5.74, 6) is -0.653. The molecule has 0 heterocycles. The third-order valence-electron chi connectivity index (χ3n) is 1.62. The zero-order valence-electron chi connectivity index (χ0n) is 9.09. The molecule has 4 heteroatoms. The first-order valence-corrected chi connectivity index (χ1v) is 4.45. The second-order valence-corrected chi connectivity index (χ2v) is 3.29. The van der Waals surface area contributed by atoms with Crippen molar-refractivity contribution in [3.63, 3.8) is 0 Å². The minimum Gasteiger partial charge on any atom is -0.467 e. The van der Waals surface area contributed by atoms with Gasteiger partial charge in [0.15, 0.2) is 0 Å². The van der Waals surface area contributed by atoms with Crippen molar-refractivity contribution in [2.24, 2.45) is 0 Å². The number of hydrogen-bond donors (Lipinski definition) is 1. The number of nitrogens with one attached hydrogen (secondary N) is 1. The maximum Gasteiger partial charge on any atom is 0.328 e. The highest BCUT2D eigenvalue weighted by molar-refractivity contribution is 5.83. The Balaban J connectivity index is 4.32. The van der Waals surface area contributed by atoms with E-state index in [1.54, 1.807) is 0 Å². The molecule has 0 spiro atoms. The van der Waals surface area contributed by atoms with Gasteiger partial charge in [-0.05, 0) is 20.3 Å². The van der Waals surface area contributed by atoms with Crippen LogP contribution in [-0.2, 0) is 14.3 Å². The third kappa shape index (κ3) is 5.35. The van der Waals surface area contributed by atoms with Crippen LogP contribution in [0.5, 0.6) is 0 Å². The summed E-state index contributed by atoms with van der Waals surface area (Å²) >= 11 is 0. The molecule has 14 heavy (non-hydrogen) atoms. The molecule has 0 bridgehead atoms. The minimum atomic E-state index is -0.576. The standard InChI is InChI=1S/C10H17NO3/c1-7(2)5-6-9(10(13)14-4)11-8(3)12/h5,9H,6H2,1-4H3,(H,11,12)/t9-/m0/s1. The lowest BCUT2D eigenvalue weighted by atomic mass is 10.1. The summed E-state index contributed by atoms with van der Waals surface area (Å²) in [5, 5.41) is 2.53. The Bertz CT molecular complexity index is 242. The molecule has 0 unspecified atom stereocenters. The molecular weight excluding hydrogens is 182 g/mol. The average Bonchev–Trinajstić information content (AvgIpc) is 2.10. The average molecular weight is 199 g/mol. The van der Waals surface area contributed by atoms with Crippen LogP contribution in [0.1, 0.15) is 27.2 Å². The second-order valence-electron chi connectivity index (χ2n) is 3.29. The summed E-state index contributed by atoms with van der Waals surface area (Å²) in [6.07, 6.45) is 2.35. The number of allylic oxidation sites excluding steroid dienone is 1. The lowest BCUT2D eigenvalue weighted by Crippen LogP contribution is -2.40. The Kier molecular flexibility index (Phi) is 5.60. The summed E-state index contributed by atoms with van der Waals surface area (Å²) in [6, 6.07) is -0.576. The van der Waals surface area contributed by atoms with Crippen molar-refractivity contribution in [3.05, 3.63) is 11.6 Å². The van der Waals surface area contributed by atoms with Gasteiger partial charge in [-0.3, -0.25) is 4.79 Å². The van der Waals surface area contributed by atoms with Gasteiger partial charge in [0.25, 0.3) is 0 Å². The van der Waals surface area contributed by atoms with Gasteiger partial charge >= 0.3 is 5.97 Å². The van der Waals surface area contributed by atoms with Gasteiger partial charge < -0.3 is 10.1 Å². The maximum absolute atomic E-state index is 11.2. The first kappa shape index (κ1) is 12.7. The van der Waals surface area contributed by atoms with Gasteiger partial charge in [0.05, 0.1) is 7.11 Å². The summed E-state index contributed by atoms with van der Waals surface area (Å²) in [6.45, 7) is 5.24. The fourth-order valence-electron chi connectivity index (χ4n) is 0.955. The van der Waals surface area contributed by atoms with Crippen LogP contribution in [0, 0.1) is 0 Å². The van der Waals surface area contributed by atoms with E-state index < -0.39 is 12.0 Å². The van der Waals surface area contributed by atoms with Gasteiger partial charge in [0.1, 0.15) is 6.04 Å². The fourth-order valence-corrected chi connectivity index (χ4v) is 0.955. The molecule has 0 aliphatic heterocycles. The number of carbonyl (C=O) groups excluding carboxylic acids is 2. The number of ether oxygens (including phenoxy) is 1. The van der Waals surface area contributed by atoms with Crippen molar-refractivity contribution in [1.29, 1.82) is 0 Å². The molecule has 0 aliphatic carbocycles. The predicted octanol–water partition coefficient (Wildman–Crippen LogP) is 1.02. The van der Waals surface area contributed by atoms with Crippen molar-refractivity contribution in [2.75, 3.05) is 7.11 Å². The molecule has 80 valence electrons. The Hall–Kier alpha value is -1.32. The fraction of sp³-hybridized carbons (Fsp3) is 0.600. The Labute approximate surface area is 84.3 Å². The van der Waals surface area contributed by atoms with E-state index in [9.17, 15) is 9.59 Å². The summed E-state index contributed by atoms with van der Waals surface area (Å²) in [4.78, 5) is 22.0. The summed E-state index contributed by atoms with van der Waals surface area (Å²) < 4.78 is 4.56. The molecule has 0 rings (SSSR count). The first-order chi connectivity index (χ1) is 6.47. The van der Waals surface area contributed by atoms with Crippen molar-refractivity contribution in [2.45, 2.75) is 33.2 Å². The molecular formula is C10H17NO3. The van der Waals surface area contributed by atoms with Crippen LogP contribution in [0.15, 0.2) is 11.6 Å². The molecule has 0 aromatic rings. The van der Waals surface area contributed by atoms with E-state index in [2.05, 4.69) is 10.1 Å². The number of amides is 1. The zero-order valence-corrected chi connectivity index (χ0v) is 9.09. The van der Waals surface area contributed by atoms with Gasteiger partial charge in [0, 0.05) is 6.92 Å². The van der Waals surface area contributed by atoms with Crippen molar-refractivity contribution in [3.8, 4) is 0 Å². The molecule has 0 radical (unpaired) electrons. The van der Waals surface area contributed by atoms with Gasteiger partial charge in [-0.2, -0.15) is 0 Å². The van der Waals surface area contributed by atoms with Crippen LogP contribution < -0.4 is 5.32 Å². The minimum absolute atomic E-state index is 0.234. The predicted molar refractivity (Wildman–Crippen MR) is 53.7 cm³/mol. The molecule has 0 aliphatic rings. The third-order valence-corrected chi connectivity index (χ3v) is 1.62. The van der Waals surface area contributed by atoms with E-state index in [1.165, 1.54) is 14.0 Å². The van der Waals surface area contributed by atoms with E-state index in [-0.39, 0.29) is 5.91 Å². The quantitative estimate of drug-likeness (QED) is 0.543. The molecule has 0 saturated heterocycles. The van der Waals surface area contributed by atoms with Gasteiger partial charge in [0.2, 0.25) is 5.91 Å². The number of rotatable bonds is 4. The number of hydrogen-bond acceptors (Lipinski definition) is 3. The van der Waals surface area contributed by atoms with E-state index in [0.29, 0.717) is 6.42 Å². The van der Waals surface area contributed by atoms with Crippen LogP contribution in [0.4, 0.5) is 0 Å². The highest BCUT2D eigenvalue weighted by atomic mass is 16.5. The molecule has 4 nitrogen and oxygen atoms in total. The Morgan fingerprint density at radius 2 is 1.93 bits per heavy atom. The van der Waals surface area contributed by atoms with Crippen LogP contribution in [0.3, 0.4) is 0 Å². The molecule has 0 fully saturated rings. The Morgan fingerprint density at radius 3 is 2.29 bits per heavy atom. The van der Waals surface area contributed by atoms with E-state index in [1.807, 2.05) is 19.9 Å². The highest BCUT2D eigenvalue weighted by Gasteiger charge is 2.18. The lowest BCUT2D eigenvalue weighted by Gasteiger charge is -2.13. The summed E-state index contributed by atoms with van der Waals surface area (Å²) in [7, 11) is 1.31. The molecule has 1 atom stereocenters. The van der Waals surface area contributed by atoms with Crippen LogP contribution in [-0.4, -0.2) is 25.0 Å². The van der Waals surface area contributed by atoms with E-state index in [4.69, 9.17) is 0 Å². The highest BCUT2D eigenvalue weighted by Crippen LogP contribution is 2.00. The van der Waals surface area contributed by atoms with Crippen LogP contribution in [0.25, 0.3) is 0 Å². The molecule has 0 aromatic heterocycles. The normalized spacial score (nSPS) is 11.4. The number of methoxy groups -OCH3 is 1. The van der Waals surface area contributed by atoms with Gasteiger partial charge in [-0.25, -0.2) is 4.79 Å². The number of carbonyl (C=O) groups is 2. The molecule has 1 amide bonds. The molecule has 1 N–H and O–H groups in total. The maximum atomic E-state index is 11.2. The van der Waals surface area contributed by atoms with Gasteiger partial charge in [-0.15, -0.1) is 0 Å². The van der Waals surface area contributed by atoms with Gasteiger partial charge in [-0.1, -0.05) is 11.6 Å².